The fourth-order valence-electron chi connectivity index (χ4n) is 4.23. The Morgan fingerprint density at radius 1 is 0.951 bits per heavy atom. The molecule has 0 fully saturated rings. The molecule has 202 valence electrons. The topological polar surface area (TPSA) is 129 Å². The first-order valence-electron chi connectivity index (χ1n) is 12.7. The zero-order valence-electron chi connectivity index (χ0n) is 22.6. The molecule has 0 spiro atoms. The van der Waals surface area contributed by atoms with E-state index in [4.69, 9.17) is 5.26 Å². The summed E-state index contributed by atoms with van der Waals surface area (Å²) in [4.78, 5) is 34.9. The van der Waals surface area contributed by atoms with Crippen LogP contribution in [-0.2, 0) is 6.54 Å². The van der Waals surface area contributed by atoms with E-state index in [-0.39, 0.29) is 12.5 Å². The van der Waals surface area contributed by atoms with Crippen LogP contribution in [0, 0.1) is 37.9 Å². The number of aryl methyl sites for hydroxylation is 3. The summed E-state index contributed by atoms with van der Waals surface area (Å²) in [5.41, 5.74) is 6.34. The highest BCUT2D eigenvalue weighted by atomic mass is 19.1. The molecule has 41 heavy (non-hydrogen) atoms. The molecule has 2 N–H and O–H groups in total. The van der Waals surface area contributed by atoms with Crippen LogP contribution in [-0.4, -0.2) is 30.8 Å². The van der Waals surface area contributed by atoms with Crippen LogP contribution in [0.25, 0.3) is 22.6 Å². The number of hydrogen-bond donors (Lipinski definition) is 2. The van der Waals surface area contributed by atoms with Crippen LogP contribution in [0.5, 0.6) is 0 Å². The number of carbonyl (C=O) groups excluding carboxylic acids is 1. The maximum Gasteiger partial charge on any atom is 0.270 e. The van der Waals surface area contributed by atoms with Crippen LogP contribution in [0.4, 0.5) is 15.9 Å². The number of nitrogens with one attached hydrogen (secondary N) is 2. The smallest absolute Gasteiger partial charge is 0.270 e. The van der Waals surface area contributed by atoms with Crippen LogP contribution in [0.1, 0.15) is 38.6 Å². The average Bonchev–Trinajstić information content (AvgIpc) is 2.97. The number of amides is 1. The van der Waals surface area contributed by atoms with Gasteiger partial charge in [-0.05, 0) is 68.3 Å². The molecular weight excluding hydrogens is 519 g/mol. The highest BCUT2D eigenvalue weighted by Crippen LogP contribution is 2.23. The van der Waals surface area contributed by atoms with Crippen LogP contribution >= 0.6 is 0 Å². The third-order valence-corrected chi connectivity index (χ3v) is 6.28. The number of rotatable bonds is 7. The largest absolute Gasteiger partial charge is 0.347 e. The first-order chi connectivity index (χ1) is 19.8. The standard InChI is InChI=1S/C31H25FN8O/c1-18-9-23(30-38-19(2)10-28(40-30)39-25-6-4-5-21(11-25)13-33)16-36-29(18)31(41)37-15-22-7-8-27(35-14-22)26-12-24(32)17-34-20(26)3/h4-12,14,16-17H,15H2,1-3H3,(H,37,41)(H,38,39,40). The molecule has 0 unspecified atom stereocenters. The predicted molar refractivity (Wildman–Crippen MR) is 153 cm³/mol. The molecule has 0 atom stereocenters. The van der Waals surface area contributed by atoms with Gasteiger partial charge in [-0.2, -0.15) is 5.26 Å². The van der Waals surface area contributed by atoms with Gasteiger partial charge in [0.1, 0.15) is 17.3 Å². The Hall–Kier alpha value is -5.56. The summed E-state index contributed by atoms with van der Waals surface area (Å²) in [6.07, 6.45) is 4.38. The van der Waals surface area contributed by atoms with Crippen molar-refractivity contribution in [2.45, 2.75) is 27.3 Å². The van der Waals surface area contributed by atoms with Crippen LogP contribution in [0.2, 0.25) is 0 Å². The summed E-state index contributed by atoms with van der Waals surface area (Å²) in [6, 6.07) is 17.9. The Morgan fingerprint density at radius 3 is 2.56 bits per heavy atom. The Bertz CT molecular complexity index is 1800. The molecule has 0 aliphatic rings. The molecule has 0 aliphatic heterocycles. The van der Waals surface area contributed by atoms with E-state index in [9.17, 15) is 9.18 Å². The van der Waals surface area contributed by atoms with E-state index in [1.165, 1.54) is 12.3 Å². The third kappa shape index (κ3) is 6.37. The van der Waals surface area contributed by atoms with Gasteiger partial charge in [-0.15, -0.1) is 0 Å². The number of carbonyl (C=O) groups is 1. The summed E-state index contributed by atoms with van der Waals surface area (Å²) in [5.74, 6) is 0.283. The van der Waals surface area contributed by atoms with Crippen molar-refractivity contribution in [2.24, 2.45) is 0 Å². The van der Waals surface area contributed by atoms with Crippen LogP contribution < -0.4 is 10.6 Å². The zero-order chi connectivity index (χ0) is 28.9. The van der Waals surface area contributed by atoms with Crippen molar-refractivity contribution in [1.82, 2.24) is 30.2 Å². The quantitative estimate of drug-likeness (QED) is 0.271. The number of hydrogen-bond acceptors (Lipinski definition) is 8. The lowest BCUT2D eigenvalue weighted by Crippen LogP contribution is -2.24. The lowest BCUT2D eigenvalue weighted by molar-refractivity contribution is 0.0945. The SMILES string of the molecule is Cc1cc(Nc2cccc(C#N)c2)nc(-c2cnc(C(=O)NCc3ccc(-c4cc(F)cnc4C)nc3)c(C)c2)n1. The third-order valence-electron chi connectivity index (χ3n) is 6.28. The minimum absolute atomic E-state index is 0.248. The van der Waals surface area contributed by atoms with Gasteiger partial charge >= 0.3 is 0 Å². The summed E-state index contributed by atoms with van der Waals surface area (Å²) in [7, 11) is 0. The molecule has 0 aliphatic carbocycles. The van der Waals surface area contributed by atoms with E-state index in [1.54, 1.807) is 50.5 Å². The van der Waals surface area contributed by atoms with E-state index in [0.717, 1.165) is 16.9 Å². The average molecular weight is 545 g/mol. The lowest BCUT2D eigenvalue weighted by atomic mass is 10.1. The van der Waals surface area contributed by atoms with E-state index in [1.807, 2.05) is 31.2 Å². The number of anilines is 2. The molecule has 1 aromatic carbocycles. The van der Waals surface area contributed by atoms with Crippen LogP contribution in [0.15, 0.2) is 73.2 Å². The molecule has 0 saturated carbocycles. The van der Waals surface area contributed by atoms with E-state index in [0.29, 0.717) is 51.0 Å². The highest BCUT2D eigenvalue weighted by molar-refractivity contribution is 5.94. The maximum absolute atomic E-state index is 13.6. The van der Waals surface area contributed by atoms with Gasteiger partial charge in [0.15, 0.2) is 5.82 Å². The zero-order valence-corrected chi connectivity index (χ0v) is 22.6. The van der Waals surface area contributed by atoms with Crippen molar-refractivity contribution in [3.05, 3.63) is 113 Å². The Labute approximate surface area is 236 Å². The number of pyridine rings is 3. The van der Waals surface area contributed by atoms with E-state index in [2.05, 4.69) is 41.6 Å². The van der Waals surface area contributed by atoms with Crippen molar-refractivity contribution in [1.29, 1.82) is 5.26 Å². The summed E-state index contributed by atoms with van der Waals surface area (Å²) < 4.78 is 13.6. The number of aromatic nitrogens is 5. The molecule has 4 heterocycles. The first kappa shape index (κ1) is 27.0. The van der Waals surface area contributed by atoms with Crippen molar-refractivity contribution in [2.75, 3.05) is 5.32 Å². The summed E-state index contributed by atoms with van der Waals surface area (Å²) in [5, 5.41) is 15.2. The Balaban J connectivity index is 1.27. The monoisotopic (exact) mass is 544 g/mol. The second-order valence-electron chi connectivity index (χ2n) is 9.45. The maximum atomic E-state index is 13.6. The highest BCUT2D eigenvalue weighted by Gasteiger charge is 2.14. The van der Waals surface area contributed by atoms with Gasteiger partial charge in [0.2, 0.25) is 0 Å². The Kier molecular flexibility index (Phi) is 7.69. The van der Waals surface area contributed by atoms with Gasteiger partial charge in [-0.25, -0.2) is 14.4 Å². The van der Waals surface area contributed by atoms with Gasteiger partial charge in [-0.3, -0.25) is 19.7 Å². The second-order valence-corrected chi connectivity index (χ2v) is 9.45. The first-order valence-corrected chi connectivity index (χ1v) is 12.7. The molecule has 5 rings (SSSR count). The van der Waals surface area contributed by atoms with Gasteiger partial charge in [0, 0.05) is 53.2 Å². The Morgan fingerprint density at radius 2 is 1.80 bits per heavy atom. The molecule has 0 radical (unpaired) electrons. The summed E-state index contributed by atoms with van der Waals surface area (Å²) in [6.45, 7) is 5.71. The van der Waals surface area contributed by atoms with Crippen molar-refractivity contribution in [3.63, 3.8) is 0 Å². The van der Waals surface area contributed by atoms with Gasteiger partial charge in [0.25, 0.3) is 5.91 Å². The number of benzene rings is 1. The molecule has 10 heteroatoms. The van der Waals surface area contributed by atoms with Crippen molar-refractivity contribution < 1.29 is 9.18 Å². The van der Waals surface area contributed by atoms with Crippen LogP contribution in [0.3, 0.4) is 0 Å². The molecule has 4 aromatic heterocycles. The number of nitriles is 1. The fraction of sp³-hybridized carbons (Fsp3) is 0.129. The predicted octanol–water partition coefficient (Wildman–Crippen LogP) is 5.61. The van der Waals surface area contributed by atoms with Crippen molar-refractivity contribution in [3.8, 4) is 28.7 Å². The van der Waals surface area contributed by atoms with Gasteiger partial charge < -0.3 is 10.6 Å². The molecule has 0 bridgehead atoms. The minimum Gasteiger partial charge on any atom is -0.347 e. The normalized spacial score (nSPS) is 10.6. The lowest BCUT2D eigenvalue weighted by Gasteiger charge is -2.11. The van der Waals surface area contributed by atoms with Gasteiger partial charge in [-0.1, -0.05) is 12.1 Å². The van der Waals surface area contributed by atoms with Gasteiger partial charge in [0.05, 0.1) is 23.5 Å². The number of halogens is 1. The number of nitrogens with zero attached hydrogens (tertiary/aromatic N) is 6. The molecule has 0 saturated heterocycles. The molecule has 9 nitrogen and oxygen atoms in total. The summed E-state index contributed by atoms with van der Waals surface area (Å²) >= 11 is 0. The molecular formula is C31H25FN8O. The van der Waals surface area contributed by atoms with E-state index >= 15 is 0 Å². The second kappa shape index (κ2) is 11.7. The molecule has 1 amide bonds. The van der Waals surface area contributed by atoms with E-state index < -0.39 is 5.82 Å². The molecule has 5 aromatic rings. The minimum atomic E-state index is -0.425. The fourth-order valence-corrected chi connectivity index (χ4v) is 4.23. The van der Waals surface area contributed by atoms with Crippen molar-refractivity contribution >= 4 is 17.4 Å².